The summed E-state index contributed by atoms with van der Waals surface area (Å²) in [6.07, 6.45) is 0.751. The maximum Gasteiger partial charge on any atom is 0.328 e. The van der Waals surface area contributed by atoms with Crippen LogP contribution in [0.25, 0.3) is 0 Å². The molecule has 2 N–H and O–H groups in total. The molecule has 0 fully saturated rings. The fourth-order valence-corrected chi connectivity index (χ4v) is 1.45. The van der Waals surface area contributed by atoms with Gasteiger partial charge < -0.3 is 15.4 Å². The predicted molar refractivity (Wildman–Crippen MR) is 68.2 cm³/mol. The number of nitrogens with one attached hydrogen (secondary N) is 2. The lowest BCUT2D eigenvalue weighted by Crippen LogP contribution is -2.45. The standard InChI is InChI=1S/C13H18N2O3/c1-10(12(16)18-2)15-13(17)14-9-8-11-6-4-3-5-7-11/h3-7,10H,8-9H2,1-2H3,(H2,14,15,17)/t10-/m0/s1. The molecule has 0 bridgehead atoms. The van der Waals surface area contributed by atoms with Gasteiger partial charge in [0, 0.05) is 6.54 Å². The van der Waals surface area contributed by atoms with Gasteiger partial charge in [-0.15, -0.1) is 0 Å². The van der Waals surface area contributed by atoms with E-state index < -0.39 is 12.0 Å². The predicted octanol–water partition coefficient (Wildman–Crippen LogP) is 1.09. The highest BCUT2D eigenvalue weighted by atomic mass is 16.5. The Hall–Kier alpha value is -2.04. The van der Waals surface area contributed by atoms with Crippen molar-refractivity contribution in [2.75, 3.05) is 13.7 Å². The number of urea groups is 1. The third kappa shape index (κ3) is 4.86. The number of esters is 1. The molecule has 1 rings (SSSR count). The van der Waals surface area contributed by atoms with E-state index in [4.69, 9.17) is 0 Å². The molecule has 0 aromatic heterocycles. The molecule has 2 amide bonds. The van der Waals surface area contributed by atoms with Crippen LogP contribution in [0.1, 0.15) is 12.5 Å². The van der Waals surface area contributed by atoms with Gasteiger partial charge in [0.15, 0.2) is 0 Å². The van der Waals surface area contributed by atoms with Crippen molar-refractivity contribution in [2.24, 2.45) is 0 Å². The molecule has 5 heteroatoms. The third-order valence-corrected chi connectivity index (χ3v) is 2.44. The van der Waals surface area contributed by atoms with E-state index in [-0.39, 0.29) is 6.03 Å². The van der Waals surface area contributed by atoms with Gasteiger partial charge in [-0.2, -0.15) is 0 Å². The molecule has 0 aliphatic rings. The monoisotopic (exact) mass is 250 g/mol. The zero-order valence-corrected chi connectivity index (χ0v) is 10.6. The Labute approximate surface area is 107 Å². The normalized spacial score (nSPS) is 11.4. The topological polar surface area (TPSA) is 67.4 Å². The highest BCUT2D eigenvalue weighted by molar-refractivity contribution is 5.83. The largest absolute Gasteiger partial charge is 0.467 e. The molecule has 18 heavy (non-hydrogen) atoms. The molecule has 0 radical (unpaired) electrons. The smallest absolute Gasteiger partial charge is 0.328 e. The molecule has 1 aromatic carbocycles. The average Bonchev–Trinajstić information content (AvgIpc) is 2.38. The lowest BCUT2D eigenvalue weighted by molar-refractivity contribution is -0.142. The second kappa shape index (κ2) is 7.32. The molecule has 0 aliphatic heterocycles. The first-order valence-corrected chi connectivity index (χ1v) is 5.79. The lowest BCUT2D eigenvalue weighted by Gasteiger charge is -2.12. The van der Waals surface area contributed by atoms with Crippen LogP contribution < -0.4 is 10.6 Å². The number of hydrogen-bond acceptors (Lipinski definition) is 3. The Kier molecular flexibility index (Phi) is 5.70. The van der Waals surface area contributed by atoms with Crippen molar-refractivity contribution < 1.29 is 14.3 Å². The lowest BCUT2D eigenvalue weighted by atomic mass is 10.1. The number of hydrogen-bond donors (Lipinski definition) is 2. The zero-order chi connectivity index (χ0) is 13.4. The van der Waals surface area contributed by atoms with Crippen molar-refractivity contribution in [3.05, 3.63) is 35.9 Å². The van der Waals surface area contributed by atoms with E-state index in [1.165, 1.54) is 7.11 Å². The van der Waals surface area contributed by atoms with Gasteiger partial charge in [-0.3, -0.25) is 0 Å². The quantitative estimate of drug-likeness (QED) is 0.769. The maximum absolute atomic E-state index is 11.4. The SMILES string of the molecule is COC(=O)[C@H](C)NC(=O)NCCc1ccccc1. The number of amides is 2. The molecular weight excluding hydrogens is 232 g/mol. The van der Waals surface area contributed by atoms with Gasteiger partial charge in [-0.05, 0) is 18.9 Å². The summed E-state index contributed by atoms with van der Waals surface area (Å²) < 4.78 is 4.51. The molecule has 1 atom stereocenters. The number of benzene rings is 1. The molecule has 0 unspecified atom stereocenters. The van der Waals surface area contributed by atoms with Crippen LogP contribution in [0.4, 0.5) is 4.79 Å². The van der Waals surface area contributed by atoms with Gasteiger partial charge in [0.2, 0.25) is 0 Å². The highest BCUT2D eigenvalue weighted by Gasteiger charge is 2.14. The molecule has 1 aromatic rings. The molecule has 0 spiro atoms. The van der Waals surface area contributed by atoms with Gasteiger partial charge in [0.05, 0.1) is 7.11 Å². The second-order valence-electron chi connectivity index (χ2n) is 3.88. The van der Waals surface area contributed by atoms with Crippen LogP contribution in [0.3, 0.4) is 0 Å². The van der Waals surface area contributed by atoms with Crippen LogP contribution in [-0.4, -0.2) is 31.7 Å². The fraction of sp³-hybridized carbons (Fsp3) is 0.385. The molecule has 0 aliphatic carbocycles. The molecular formula is C13H18N2O3. The Morgan fingerprint density at radius 2 is 1.94 bits per heavy atom. The van der Waals surface area contributed by atoms with Gasteiger partial charge in [-0.25, -0.2) is 9.59 Å². The summed E-state index contributed by atoms with van der Waals surface area (Å²) in [6.45, 7) is 2.09. The van der Waals surface area contributed by atoms with Crippen molar-refractivity contribution in [2.45, 2.75) is 19.4 Å². The van der Waals surface area contributed by atoms with Crippen molar-refractivity contribution in [1.29, 1.82) is 0 Å². The van der Waals surface area contributed by atoms with Crippen molar-refractivity contribution in [1.82, 2.24) is 10.6 Å². The maximum atomic E-state index is 11.4. The summed E-state index contributed by atoms with van der Waals surface area (Å²) in [6, 6.07) is 8.83. The number of methoxy groups -OCH3 is 1. The van der Waals surface area contributed by atoms with Gasteiger partial charge >= 0.3 is 12.0 Å². The van der Waals surface area contributed by atoms with E-state index in [1.807, 2.05) is 30.3 Å². The van der Waals surface area contributed by atoms with E-state index in [0.717, 1.165) is 12.0 Å². The third-order valence-electron chi connectivity index (χ3n) is 2.44. The number of carbonyl (C=O) groups is 2. The summed E-state index contributed by atoms with van der Waals surface area (Å²) in [5, 5.41) is 5.18. The summed E-state index contributed by atoms with van der Waals surface area (Å²) in [7, 11) is 1.29. The van der Waals surface area contributed by atoms with E-state index in [1.54, 1.807) is 6.92 Å². The summed E-state index contributed by atoms with van der Waals surface area (Å²) >= 11 is 0. The second-order valence-corrected chi connectivity index (χ2v) is 3.88. The fourth-order valence-electron chi connectivity index (χ4n) is 1.45. The van der Waals surface area contributed by atoms with Gasteiger partial charge in [0.1, 0.15) is 6.04 Å². The zero-order valence-electron chi connectivity index (χ0n) is 10.6. The number of rotatable bonds is 5. The molecule has 0 saturated carbocycles. The van der Waals surface area contributed by atoms with Crippen LogP contribution in [0.5, 0.6) is 0 Å². The van der Waals surface area contributed by atoms with E-state index >= 15 is 0 Å². The highest BCUT2D eigenvalue weighted by Crippen LogP contribution is 1.98. The van der Waals surface area contributed by atoms with Crippen LogP contribution in [-0.2, 0) is 16.0 Å². The van der Waals surface area contributed by atoms with Crippen molar-refractivity contribution >= 4 is 12.0 Å². The first-order valence-electron chi connectivity index (χ1n) is 5.79. The Bertz CT molecular complexity index is 392. The summed E-state index contributed by atoms with van der Waals surface area (Å²) in [4.78, 5) is 22.5. The molecule has 0 saturated heterocycles. The minimum absolute atomic E-state index is 0.371. The van der Waals surface area contributed by atoms with E-state index in [9.17, 15) is 9.59 Å². The van der Waals surface area contributed by atoms with E-state index in [0.29, 0.717) is 6.54 Å². The van der Waals surface area contributed by atoms with E-state index in [2.05, 4.69) is 15.4 Å². The van der Waals surface area contributed by atoms with Crippen LogP contribution in [0.15, 0.2) is 30.3 Å². The molecule has 0 heterocycles. The van der Waals surface area contributed by atoms with Crippen molar-refractivity contribution in [3.63, 3.8) is 0 Å². The Morgan fingerprint density at radius 3 is 2.56 bits per heavy atom. The summed E-state index contributed by atoms with van der Waals surface area (Å²) in [5.41, 5.74) is 1.15. The Balaban J connectivity index is 2.23. The van der Waals surface area contributed by atoms with Crippen LogP contribution in [0.2, 0.25) is 0 Å². The number of ether oxygens (including phenoxy) is 1. The van der Waals surface area contributed by atoms with Crippen LogP contribution >= 0.6 is 0 Å². The molecule has 98 valence electrons. The van der Waals surface area contributed by atoms with Crippen molar-refractivity contribution in [3.8, 4) is 0 Å². The van der Waals surface area contributed by atoms with Gasteiger partial charge in [-0.1, -0.05) is 30.3 Å². The van der Waals surface area contributed by atoms with Crippen LogP contribution in [0, 0.1) is 0 Å². The first-order chi connectivity index (χ1) is 8.63. The number of carbonyl (C=O) groups excluding carboxylic acids is 2. The minimum Gasteiger partial charge on any atom is -0.467 e. The summed E-state index contributed by atoms with van der Waals surface area (Å²) in [5.74, 6) is -0.465. The molecule has 5 nitrogen and oxygen atoms in total. The van der Waals surface area contributed by atoms with Gasteiger partial charge in [0.25, 0.3) is 0 Å². The Morgan fingerprint density at radius 1 is 1.28 bits per heavy atom. The first kappa shape index (κ1) is 14.0. The average molecular weight is 250 g/mol. The minimum atomic E-state index is -0.647.